The van der Waals surface area contributed by atoms with Crippen molar-refractivity contribution in [2.45, 2.75) is 11.8 Å². The van der Waals surface area contributed by atoms with E-state index < -0.39 is 9.84 Å². The van der Waals surface area contributed by atoms with Gasteiger partial charge in [0.15, 0.2) is 9.84 Å². The van der Waals surface area contributed by atoms with Crippen LogP contribution in [0.25, 0.3) is 0 Å². The molecule has 0 atom stereocenters. The molecule has 0 radical (unpaired) electrons. The van der Waals surface area contributed by atoms with Crippen LogP contribution < -0.4 is 5.32 Å². The average Bonchev–Trinajstić information content (AvgIpc) is 2.16. The number of benzene rings is 1. The van der Waals surface area contributed by atoms with Gasteiger partial charge in [-0.1, -0.05) is 18.2 Å². The first-order valence-electron chi connectivity index (χ1n) is 4.04. The SMILES string of the molecule is CC(=O)NCS(=O)(=O)c1ccccc1. The second kappa shape index (κ2) is 4.23. The van der Waals surface area contributed by atoms with Crippen molar-refractivity contribution >= 4 is 15.7 Å². The van der Waals surface area contributed by atoms with E-state index in [9.17, 15) is 13.2 Å². The minimum Gasteiger partial charge on any atom is -0.342 e. The molecule has 1 N–H and O–H groups in total. The van der Waals surface area contributed by atoms with Crippen LogP contribution in [0.4, 0.5) is 0 Å². The van der Waals surface area contributed by atoms with E-state index in [1.807, 2.05) is 0 Å². The largest absolute Gasteiger partial charge is 0.342 e. The van der Waals surface area contributed by atoms with E-state index >= 15 is 0 Å². The van der Waals surface area contributed by atoms with Crippen LogP contribution in [0.15, 0.2) is 35.2 Å². The minimum atomic E-state index is -3.39. The van der Waals surface area contributed by atoms with Crippen LogP contribution in [0.3, 0.4) is 0 Å². The third-order valence-corrected chi connectivity index (χ3v) is 3.13. The fourth-order valence-electron chi connectivity index (χ4n) is 0.908. The Labute approximate surface area is 82.9 Å². The molecule has 0 saturated carbocycles. The number of sulfone groups is 1. The van der Waals surface area contributed by atoms with E-state index in [0.29, 0.717) is 0 Å². The molecule has 5 heteroatoms. The third kappa shape index (κ3) is 2.85. The molecule has 0 fully saturated rings. The topological polar surface area (TPSA) is 63.2 Å². The van der Waals surface area contributed by atoms with Gasteiger partial charge in [0.1, 0.15) is 5.88 Å². The highest BCUT2D eigenvalue weighted by Crippen LogP contribution is 2.08. The van der Waals surface area contributed by atoms with Gasteiger partial charge < -0.3 is 5.32 Å². The molecule has 0 aliphatic heterocycles. The van der Waals surface area contributed by atoms with Crippen LogP contribution >= 0.6 is 0 Å². The molecular weight excluding hydrogens is 202 g/mol. The molecule has 0 aromatic heterocycles. The number of carbonyl (C=O) groups is 1. The number of nitrogens with one attached hydrogen (secondary N) is 1. The van der Waals surface area contributed by atoms with Gasteiger partial charge in [-0.2, -0.15) is 0 Å². The van der Waals surface area contributed by atoms with Crippen molar-refractivity contribution in [1.29, 1.82) is 0 Å². The lowest BCUT2D eigenvalue weighted by Gasteiger charge is -2.03. The highest BCUT2D eigenvalue weighted by molar-refractivity contribution is 7.91. The third-order valence-electron chi connectivity index (χ3n) is 1.61. The van der Waals surface area contributed by atoms with Crippen molar-refractivity contribution in [1.82, 2.24) is 5.32 Å². The molecule has 14 heavy (non-hydrogen) atoms. The summed E-state index contributed by atoms with van der Waals surface area (Å²) >= 11 is 0. The smallest absolute Gasteiger partial charge is 0.217 e. The van der Waals surface area contributed by atoms with Gasteiger partial charge in [0.2, 0.25) is 5.91 Å². The summed E-state index contributed by atoms with van der Waals surface area (Å²) in [6.45, 7) is 1.28. The van der Waals surface area contributed by atoms with Gasteiger partial charge in [-0.25, -0.2) is 8.42 Å². The Hall–Kier alpha value is -1.36. The summed E-state index contributed by atoms with van der Waals surface area (Å²) in [5, 5.41) is 2.26. The lowest BCUT2D eigenvalue weighted by Crippen LogP contribution is -2.27. The number of hydrogen-bond donors (Lipinski definition) is 1. The Kier molecular flexibility index (Phi) is 3.24. The predicted molar refractivity (Wildman–Crippen MR) is 52.3 cm³/mol. The maximum atomic E-state index is 11.5. The van der Waals surface area contributed by atoms with Gasteiger partial charge in [0.25, 0.3) is 0 Å². The number of carbonyl (C=O) groups excluding carboxylic acids is 1. The van der Waals surface area contributed by atoms with Gasteiger partial charge >= 0.3 is 0 Å². The lowest BCUT2D eigenvalue weighted by atomic mass is 10.4. The van der Waals surface area contributed by atoms with Crippen LogP contribution in [-0.4, -0.2) is 20.2 Å². The molecule has 0 spiro atoms. The monoisotopic (exact) mass is 213 g/mol. The first-order valence-corrected chi connectivity index (χ1v) is 5.70. The van der Waals surface area contributed by atoms with E-state index in [2.05, 4.69) is 5.32 Å². The van der Waals surface area contributed by atoms with Crippen molar-refractivity contribution in [2.24, 2.45) is 0 Å². The molecule has 4 nitrogen and oxygen atoms in total. The van der Waals surface area contributed by atoms with Crippen molar-refractivity contribution in [2.75, 3.05) is 5.88 Å². The van der Waals surface area contributed by atoms with Crippen LogP contribution in [-0.2, 0) is 14.6 Å². The summed E-state index contributed by atoms with van der Waals surface area (Å²) in [6, 6.07) is 8.01. The first-order chi connectivity index (χ1) is 6.52. The Bertz CT molecular complexity index is 411. The van der Waals surface area contributed by atoms with Crippen molar-refractivity contribution < 1.29 is 13.2 Å². The molecule has 0 bridgehead atoms. The molecule has 76 valence electrons. The van der Waals surface area contributed by atoms with Crippen LogP contribution in [0.1, 0.15) is 6.92 Å². The van der Waals surface area contributed by atoms with E-state index in [4.69, 9.17) is 0 Å². The van der Waals surface area contributed by atoms with Gasteiger partial charge in [-0.3, -0.25) is 4.79 Å². The quantitative estimate of drug-likeness (QED) is 0.797. The highest BCUT2D eigenvalue weighted by Gasteiger charge is 2.13. The second-order valence-electron chi connectivity index (χ2n) is 2.81. The van der Waals surface area contributed by atoms with Crippen molar-refractivity contribution in [3.05, 3.63) is 30.3 Å². The normalized spacial score (nSPS) is 10.9. The Balaban J connectivity index is 2.82. The van der Waals surface area contributed by atoms with E-state index in [1.54, 1.807) is 18.2 Å². The fourth-order valence-corrected chi connectivity index (χ4v) is 2.04. The first kappa shape index (κ1) is 10.7. The molecule has 0 heterocycles. The Morgan fingerprint density at radius 1 is 1.29 bits per heavy atom. The second-order valence-corrected chi connectivity index (χ2v) is 4.79. The molecular formula is C9H11NO3S. The molecule has 1 rings (SSSR count). The minimum absolute atomic E-state index is 0.216. The molecule has 0 unspecified atom stereocenters. The Morgan fingerprint density at radius 3 is 2.36 bits per heavy atom. The van der Waals surface area contributed by atoms with Gasteiger partial charge in [-0.15, -0.1) is 0 Å². The molecule has 1 aromatic carbocycles. The van der Waals surface area contributed by atoms with Crippen LogP contribution in [0.2, 0.25) is 0 Å². The Morgan fingerprint density at radius 2 is 1.86 bits per heavy atom. The summed E-state index contributed by atoms with van der Waals surface area (Å²) < 4.78 is 23.0. The maximum Gasteiger partial charge on any atom is 0.217 e. The van der Waals surface area contributed by atoms with Crippen molar-refractivity contribution in [3.63, 3.8) is 0 Å². The zero-order valence-electron chi connectivity index (χ0n) is 7.73. The lowest BCUT2D eigenvalue weighted by molar-refractivity contribution is -0.118. The number of hydrogen-bond acceptors (Lipinski definition) is 3. The summed E-state index contributed by atoms with van der Waals surface area (Å²) in [6.07, 6.45) is 0. The molecule has 0 aliphatic carbocycles. The summed E-state index contributed by atoms with van der Waals surface area (Å²) in [4.78, 5) is 10.8. The van der Waals surface area contributed by atoms with Crippen LogP contribution in [0, 0.1) is 0 Å². The molecule has 1 amide bonds. The van der Waals surface area contributed by atoms with Gasteiger partial charge in [-0.05, 0) is 12.1 Å². The van der Waals surface area contributed by atoms with E-state index in [1.165, 1.54) is 19.1 Å². The van der Waals surface area contributed by atoms with Gasteiger partial charge in [0, 0.05) is 6.92 Å². The van der Waals surface area contributed by atoms with Gasteiger partial charge in [0.05, 0.1) is 4.90 Å². The predicted octanol–water partition coefficient (Wildman–Crippen LogP) is 0.554. The fraction of sp³-hybridized carbons (Fsp3) is 0.222. The zero-order valence-corrected chi connectivity index (χ0v) is 8.54. The molecule has 0 aliphatic rings. The molecule has 1 aromatic rings. The van der Waals surface area contributed by atoms with E-state index in [0.717, 1.165) is 0 Å². The number of amides is 1. The zero-order chi connectivity index (χ0) is 10.6. The number of rotatable bonds is 3. The highest BCUT2D eigenvalue weighted by atomic mass is 32.2. The van der Waals surface area contributed by atoms with Crippen molar-refractivity contribution in [3.8, 4) is 0 Å². The maximum absolute atomic E-state index is 11.5. The average molecular weight is 213 g/mol. The summed E-state index contributed by atoms with van der Waals surface area (Å²) in [7, 11) is -3.39. The van der Waals surface area contributed by atoms with E-state index in [-0.39, 0.29) is 16.7 Å². The standard InChI is InChI=1S/C9H11NO3S/c1-8(11)10-7-14(12,13)9-5-3-2-4-6-9/h2-6H,7H2,1H3,(H,10,11). The molecule has 0 saturated heterocycles. The summed E-state index contributed by atoms with van der Waals surface area (Å²) in [5.74, 6) is -0.712. The summed E-state index contributed by atoms with van der Waals surface area (Å²) in [5.41, 5.74) is 0. The van der Waals surface area contributed by atoms with Crippen LogP contribution in [0.5, 0.6) is 0 Å².